The Hall–Kier alpha value is -1.16. The summed E-state index contributed by atoms with van der Waals surface area (Å²) in [5, 5.41) is 8.90. The van der Waals surface area contributed by atoms with Gasteiger partial charge in [-0.3, -0.25) is 0 Å². The molecule has 1 N–H and O–H groups in total. The van der Waals surface area contributed by atoms with Crippen LogP contribution < -0.4 is 4.74 Å². The van der Waals surface area contributed by atoms with Crippen LogP contribution in [0, 0.1) is 6.92 Å². The summed E-state index contributed by atoms with van der Waals surface area (Å²) in [6.45, 7) is 4.56. The summed E-state index contributed by atoms with van der Waals surface area (Å²) in [7, 11) is 0. The van der Waals surface area contributed by atoms with E-state index in [2.05, 4.69) is 16.9 Å². The first kappa shape index (κ1) is 10.9. The molecule has 0 aromatic carbocycles. The summed E-state index contributed by atoms with van der Waals surface area (Å²) in [6.07, 6.45) is 3.70. The summed E-state index contributed by atoms with van der Waals surface area (Å²) >= 11 is 0. The molecule has 0 fully saturated rings. The molecule has 0 radical (unpaired) electrons. The van der Waals surface area contributed by atoms with Gasteiger partial charge in [0.1, 0.15) is 0 Å². The smallest absolute Gasteiger partial charge is 0.316 e. The van der Waals surface area contributed by atoms with Crippen LogP contribution in [-0.4, -0.2) is 21.7 Å². The van der Waals surface area contributed by atoms with Crippen molar-refractivity contribution < 1.29 is 9.84 Å². The molecular formula is C10H16N2O2. The van der Waals surface area contributed by atoms with E-state index in [1.165, 1.54) is 0 Å². The zero-order chi connectivity index (χ0) is 10.4. The lowest BCUT2D eigenvalue weighted by molar-refractivity contribution is 0.271. The molecule has 0 aliphatic carbocycles. The number of aryl methyl sites for hydroxylation is 1. The lowest BCUT2D eigenvalue weighted by Crippen LogP contribution is -2.03. The standard InChI is InChI=1S/C10H16N2O2/c1-3-4-5-14-10-11-6-9(7-13)8(2)12-10/h6,13H,3-5,7H2,1-2H3. The van der Waals surface area contributed by atoms with Crippen molar-refractivity contribution >= 4 is 0 Å². The molecule has 1 rings (SSSR count). The topological polar surface area (TPSA) is 55.2 Å². The Kier molecular flexibility index (Phi) is 4.32. The van der Waals surface area contributed by atoms with Gasteiger partial charge in [0, 0.05) is 11.8 Å². The first-order valence-electron chi connectivity index (χ1n) is 4.84. The van der Waals surface area contributed by atoms with Gasteiger partial charge in [-0.05, 0) is 13.3 Å². The van der Waals surface area contributed by atoms with Gasteiger partial charge in [0.15, 0.2) is 0 Å². The SMILES string of the molecule is CCCCOc1ncc(CO)c(C)n1. The van der Waals surface area contributed by atoms with Crippen molar-refractivity contribution in [1.29, 1.82) is 0 Å². The quantitative estimate of drug-likeness (QED) is 0.724. The minimum absolute atomic E-state index is 0.0267. The van der Waals surface area contributed by atoms with E-state index in [1.807, 2.05) is 6.92 Å². The molecule has 1 aromatic rings. The van der Waals surface area contributed by atoms with Gasteiger partial charge in [-0.1, -0.05) is 13.3 Å². The fourth-order valence-corrected chi connectivity index (χ4v) is 1.00. The van der Waals surface area contributed by atoms with Crippen molar-refractivity contribution in [3.63, 3.8) is 0 Å². The van der Waals surface area contributed by atoms with E-state index >= 15 is 0 Å². The maximum Gasteiger partial charge on any atom is 0.316 e. The summed E-state index contributed by atoms with van der Waals surface area (Å²) < 4.78 is 5.32. The minimum atomic E-state index is -0.0267. The second-order valence-electron chi connectivity index (χ2n) is 3.12. The largest absolute Gasteiger partial charge is 0.463 e. The molecule has 4 nitrogen and oxygen atoms in total. The lowest BCUT2D eigenvalue weighted by atomic mass is 10.3. The Labute approximate surface area is 84.0 Å². The molecule has 0 saturated carbocycles. The van der Waals surface area contributed by atoms with E-state index in [0.29, 0.717) is 12.6 Å². The molecule has 0 spiro atoms. The highest BCUT2D eigenvalue weighted by molar-refractivity contribution is 5.16. The van der Waals surface area contributed by atoms with Gasteiger partial charge in [0.25, 0.3) is 0 Å². The lowest BCUT2D eigenvalue weighted by Gasteiger charge is -2.05. The highest BCUT2D eigenvalue weighted by atomic mass is 16.5. The van der Waals surface area contributed by atoms with Gasteiger partial charge >= 0.3 is 6.01 Å². The molecular weight excluding hydrogens is 180 g/mol. The Balaban J connectivity index is 2.57. The van der Waals surface area contributed by atoms with Crippen molar-refractivity contribution in [3.8, 4) is 6.01 Å². The molecule has 4 heteroatoms. The van der Waals surface area contributed by atoms with Crippen LogP contribution in [0.1, 0.15) is 31.0 Å². The number of aliphatic hydroxyl groups is 1. The molecule has 0 unspecified atom stereocenters. The third kappa shape index (κ3) is 2.96. The minimum Gasteiger partial charge on any atom is -0.463 e. The van der Waals surface area contributed by atoms with Crippen molar-refractivity contribution in [3.05, 3.63) is 17.5 Å². The molecule has 0 atom stereocenters. The molecule has 0 bridgehead atoms. The second kappa shape index (κ2) is 5.54. The molecule has 1 heterocycles. The van der Waals surface area contributed by atoms with Gasteiger partial charge < -0.3 is 9.84 Å². The van der Waals surface area contributed by atoms with E-state index in [-0.39, 0.29) is 6.61 Å². The van der Waals surface area contributed by atoms with Crippen molar-refractivity contribution in [2.75, 3.05) is 6.61 Å². The zero-order valence-corrected chi connectivity index (χ0v) is 8.66. The molecule has 0 saturated heterocycles. The van der Waals surface area contributed by atoms with E-state index in [1.54, 1.807) is 6.20 Å². The number of hydrogen-bond donors (Lipinski definition) is 1. The van der Waals surface area contributed by atoms with Gasteiger partial charge in [-0.2, -0.15) is 0 Å². The number of rotatable bonds is 5. The number of unbranched alkanes of at least 4 members (excludes halogenated alkanes) is 1. The van der Waals surface area contributed by atoms with Gasteiger partial charge in [-0.15, -0.1) is 0 Å². The Morgan fingerprint density at radius 3 is 2.86 bits per heavy atom. The Morgan fingerprint density at radius 2 is 2.29 bits per heavy atom. The molecule has 0 aliphatic rings. The maximum absolute atomic E-state index is 8.90. The van der Waals surface area contributed by atoms with Crippen molar-refractivity contribution in [2.45, 2.75) is 33.3 Å². The van der Waals surface area contributed by atoms with E-state index in [0.717, 1.165) is 24.1 Å². The average Bonchev–Trinajstić information content (AvgIpc) is 2.18. The molecule has 0 amide bonds. The van der Waals surface area contributed by atoms with Crippen LogP contribution in [0.5, 0.6) is 6.01 Å². The maximum atomic E-state index is 8.90. The summed E-state index contributed by atoms with van der Waals surface area (Å²) in [5.41, 5.74) is 1.52. The van der Waals surface area contributed by atoms with Crippen LogP contribution >= 0.6 is 0 Å². The third-order valence-corrected chi connectivity index (χ3v) is 1.96. The average molecular weight is 196 g/mol. The fourth-order valence-electron chi connectivity index (χ4n) is 1.00. The highest BCUT2D eigenvalue weighted by Gasteiger charge is 2.02. The predicted octanol–water partition coefficient (Wildman–Crippen LogP) is 1.46. The van der Waals surface area contributed by atoms with Crippen LogP contribution in [0.3, 0.4) is 0 Å². The zero-order valence-electron chi connectivity index (χ0n) is 8.66. The number of aromatic nitrogens is 2. The summed E-state index contributed by atoms with van der Waals surface area (Å²) in [6, 6.07) is 0.396. The first-order valence-corrected chi connectivity index (χ1v) is 4.84. The normalized spacial score (nSPS) is 10.2. The van der Waals surface area contributed by atoms with Crippen molar-refractivity contribution in [1.82, 2.24) is 9.97 Å². The van der Waals surface area contributed by atoms with Crippen LogP contribution in [0.2, 0.25) is 0 Å². The number of ether oxygens (including phenoxy) is 1. The Bertz CT molecular complexity index is 289. The molecule has 1 aromatic heterocycles. The number of nitrogens with zero attached hydrogens (tertiary/aromatic N) is 2. The fraction of sp³-hybridized carbons (Fsp3) is 0.600. The van der Waals surface area contributed by atoms with Crippen LogP contribution in [-0.2, 0) is 6.61 Å². The van der Waals surface area contributed by atoms with Crippen molar-refractivity contribution in [2.24, 2.45) is 0 Å². The van der Waals surface area contributed by atoms with E-state index in [4.69, 9.17) is 9.84 Å². The monoisotopic (exact) mass is 196 g/mol. The predicted molar refractivity (Wildman–Crippen MR) is 53.1 cm³/mol. The van der Waals surface area contributed by atoms with Crippen LogP contribution in [0.25, 0.3) is 0 Å². The first-order chi connectivity index (χ1) is 6.77. The number of aliphatic hydroxyl groups excluding tert-OH is 1. The second-order valence-corrected chi connectivity index (χ2v) is 3.12. The van der Waals surface area contributed by atoms with E-state index < -0.39 is 0 Å². The van der Waals surface area contributed by atoms with Gasteiger partial charge in [0.05, 0.1) is 18.9 Å². The highest BCUT2D eigenvalue weighted by Crippen LogP contribution is 2.08. The number of hydrogen-bond acceptors (Lipinski definition) is 4. The molecule has 78 valence electrons. The van der Waals surface area contributed by atoms with Crippen LogP contribution in [0.15, 0.2) is 6.20 Å². The van der Waals surface area contributed by atoms with E-state index in [9.17, 15) is 0 Å². The van der Waals surface area contributed by atoms with Gasteiger partial charge in [-0.25, -0.2) is 9.97 Å². The third-order valence-electron chi connectivity index (χ3n) is 1.96. The molecule has 0 aliphatic heterocycles. The van der Waals surface area contributed by atoms with Crippen LogP contribution in [0.4, 0.5) is 0 Å². The Morgan fingerprint density at radius 1 is 1.50 bits per heavy atom. The summed E-state index contributed by atoms with van der Waals surface area (Å²) in [5.74, 6) is 0. The van der Waals surface area contributed by atoms with Gasteiger partial charge in [0.2, 0.25) is 0 Å². The molecule has 14 heavy (non-hydrogen) atoms. The summed E-state index contributed by atoms with van der Waals surface area (Å²) in [4.78, 5) is 8.11.